The monoisotopic (exact) mass is 257 g/mol. The molecule has 1 fully saturated rings. The van der Waals surface area contributed by atoms with Crippen LogP contribution in [0.3, 0.4) is 0 Å². The Bertz CT molecular complexity index is 324. The first kappa shape index (κ1) is 15.7. The number of hydrogen-bond acceptors (Lipinski definition) is 3. The van der Waals surface area contributed by atoms with Crippen LogP contribution in [0.4, 0.5) is 4.39 Å². The van der Waals surface area contributed by atoms with Gasteiger partial charge in [0.1, 0.15) is 5.73 Å². The molecule has 0 aromatic heterocycles. The molecule has 1 rings (SSSR count). The van der Waals surface area contributed by atoms with Gasteiger partial charge in [-0.25, -0.2) is 4.39 Å². The van der Waals surface area contributed by atoms with Gasteiger partial charge in [-0.1, -0.05) is 13.8 Å². The van der Waals surface area contributed by atoms with E-state index in [-0.39, 0.29) is 12.3 Å². The Morgan fingerprint density at radius 1 is 1.17 bits per heavy atom. The summed E-state index contributed by atoms with van der Waals surface area (Å²) in [5, 5.41) is 0. The summed E-state index contributed by atoms with van der Waals surface area (Å²) in [7, 11) is -0.924. The van der Waals surface area contributed by atoms with E-state index in [9.17, 15) is 4.39 Å². The van der Waals surface area contributed by atoms with Crippen LogP contribution < -0.4 is 5.73 Å². The zero-order valence-corrected chi connectivity index (χ0v) is 12.3. The van der Waals surface area contributed by atoms with Gasteiger partial charge in [0.05, 0.1) is 11.2 Å². The van der Waals surface area contributed by atoms with Gasteiger partial charge in [-0.2, -0.15) is 0 Å². The summed E-state index contributed by atoms with van der Waals surface area (Å²) < 4.78 is 25.7. The van der Waals surface area contributed by atoms with Gasteiger partial charge >= 0.3 is 7.12 Å². The summed E-state index contributed by atoms with van der Waals surface area (Å²) >= 11 is 0. The summed E-state index contributed by atoms with van der Waals surface area (Å²) in [5.74, 6) is 0.358. The summed E-state index contributed by atoms with van der Waals surface area (Å²) in [6.07, 6.45) is 0.631. The molecule has 18 heavy (non-hydrogen) atoms. The maximum absolute atomic E-state index is 14.4. The minimum Gasteiger partial charge on any atom is -0.398 e. The molecule has 0 unspecified atom stereocenters. The number of halogens is 1. The van der Waals surface area contributed by atoms with E-state index < -0.39 is 18.3 Å². The fourth-order valence-electron chi connectivity index (χ4n) is 1.88. The van der Waals surface area contributed by atoms with Crippen LogP contribution in [0.25, 0.3) is 0 Å². The van der Waals surface area contributed by atoms with Crippen molar-refractivity contribution in [3.63, 3.8) is 0 Å². The largest absolute Gasteiger partial charge is 0.525 e. The quantitative estimate of drug-likeness (QED) is 0.787. The Hall–Kier alpha value is -0.385. The first-order valence-electron chi connectivity index (χ1n) is 6.54. The highest BCUT2D eigenvalue weighted by atomic mass is 19.1. The van der Waals surface area contributed by atoms with Crippen LogP contribution in [0.15, 0.2) is 11.3 Å². The van der Waals surface area contributed by atoms with Crippen LogP contribution in [0, 0.1) is 5.92 Å². The summed E-state index contributed by atoms with van der Waals surface area (Å²) in [6.45, 7) is 11.9. The molecule has 0 radical (unpaired) electrons. The molecule has 0 atom stereocenters. The normalized spacial score (nSPS) is 23.5. The van der Waals surface area contributed by atoms with E-state index in [1.807, 2.05) is 41.5 Å². The molecule has 0 bridgehead atoms. The van der Waals surface area contributed by atoms with Gasteiger partial charge in [-0.05, 0) is 45.6 Å². The molecule has 1 heterocycles. The fraction of sp³-hybridized carbons (Fsp3) is 0.846. The third-order valence-corrected chi connectivity index (χ3v) is 3.70. The van der Waals surface area contributed by atoms with Gasteiger partial charge in [0.2, 0.25) is 0 Å². The molecule has 5 heteroatoms. The lowest BCUT2D eigenvalue weighted by Gasteiger charge is -2.32. The molecule has 0 aliphatic carbocycles. The van der Waals surface area contributed by atoms with Crippen molar-refractivity contribution in [1.82, 2.24) is 0 Å². The molecule has 0 aromatic rings. The van der Waals surface area contributed by atoms with E-state index in [2.05, 4.69) is 0 Å². The highest BCUT2D eigenvalue weighted by molar-refractivity contribution is 6.53. The van der Waals surface area contributed by atoms with Crippen molar-refractivity contribution in [3.8, 4) is 0 Å². The Balaban J connectivity index is 2.92. The molecule has 104 valence electrons. The van der Waals surface area contributed by atoms with Gasteiger partial charge in [0, 0.05) is 6.54 Å². The second-order valence-electron chi connectivity index (χ2n) is 6.34. The molecular weight excluding hydrogens is 232 g/mol. The first-order chi connectivity index (χ1) is 8.10. The molecule has 0 spiro atoms. The van der Waals surface area contributed by atoms with Gasteiger partial charge < -0.3 is 15.0 Å². The van der Waals surface area contributed by atoms with Crippen molar-refractivity contribution in [2.45, 2.75) is 59.2 Å². The molecule has 3 nitrogen and oxygen atoms in total. The number of nitrogens with two attached hydrogens (primary N) is 1. The second-order valence-corrected chi connectivity index (χ2v) is 6.34. The van der Waals surface area contributed by atoms with E-state index in [4.69, 9.17) is 15.0 Å². The van der Waals surface area contributed by atoms with Crippen molar-refractivity contribution in [2.24, 2.45) is 11.7 Å². The molecule has 2 N–H and O–H groups in total. The Morgan fingerprint density at radius 3 is 1.94 bits per heavy atom. The Morgan fingerprint density at radius 2 is 1.61 bits per heavy atom. The minimum absolute atomic E-state index is 0.202. The fourth-order valence-corrected chi connectivity index (χ4v) is 1.88. The van der Waals surface area contributed by atoms with E-state index in [0.717, 1.165) is 0 Å². The van der Waals surface area contributed by atoms with Crippen LogP contribution in [0.2, 0.25) is 0 Å². The molecule has 0 aromatic carbocycles. The zero-order chi connectivity index (χ0) is 14.1. The molecule has 0 amide bonds. The molecule has 1 aliphatic rings. The van der Waals surface area contributed by atoms with E-state index in [1.54, 1.807) is 0 Å². The van der Waals surface area contributed by atoms with E-state index in [1.165, 1.54) is 0 Å². The average Bonchev–Trinajstić information content (AvgIpc) is 2.43. The molecule has 1 saturated heterocycles. The Labute approximate surface area is 110 Å². The molecule has 1 aliphatic heterocycles. The lowest BCUT2D eigenvalue weighted by atomic mass is 9.82. The van der Waals surface area contributed by atoms with Crippen LogP contribution in [0.5, 0.6) is 0 Å². The topological polar surface area (TPSA) is 44.5 Å². The molecular formula is C13H25BFNO2. The van der Waals surface area contributed by atoms with Gasteiger partial charge in [0.25, 0.3) is 0 Å². The second kappa shape index (κ2) is 5.31. The van der Waals surface area contributed by atoms with Gasteiger partial charge in [-0.15, -0.1) is 0 Å². The average molecular weight is 257 g/mol. The minimum atomic E-state index is -0.924. The molecule has 0 saturated carbocycles. The van der Waals surface area contributed by atoms with Crippen molar-refractivity contribution in [3.05, 3.63) is 11.3 Å². The summed E-state index contributed by atoms with van der Waals surface area (Å²) in [4.78, 5) is 0. The lowest BCUT2D eigenvalue weighted by molar-refractivity contribution is 0.00578. The van der Waals surface area contributed by atoms with Gasteiger partial charge in [0.15, 0.2) is 0 Å². The summed E-state index contributed by atoms with van der Waals surface area (Å²) in [5.41, 5.74) is 4.80. The maximum atomic E-state index is 14.4. The third-order valence-electron chi connectivity index (χ3n) is 3.70. The van der Waals surface area contributed by atoms with Crippen molar-refractivity contribution >= 4 is 7.12 Å². The van der Waals surface area contributed by atoms with Crippen molar-refractivity contribution in [1.29, 1.82) is 0 Å². The number of rotatable bonds is 4. The Kier molecular flexibility index (Phi) is 4.63. The highest BCUT2D eigenvalue weighted by Gasteiger charge is 2.53. The SMILES string of the molecule is CC(C)CC(CN)=C(F)B1OC(C)(C)C(C)(C)O1. The number of hydrogen-bond donors (Lipinski definition) is 1. The van der Waals surface area contributed by atoms with Crippen LogP contribution in [0.1, 0.15) is 48.0 Å². The maximum Gasteiger partial charge on any atom is 0.525 e. The third kappa shape index (κ3) is 3.14. The van der Waals surface area contributed by atoms with Crippen molar-refractivity contribution < 1.29 is 13.7 Å². The predicted molar refractivity (Wildman–Crippen MR) is 72.7 cm³/mol. The van der Waals surface area contributed by atoms with E-state index in [0.29, 0.717) is 17.9 Å². The van der Waals surface area contributed by atoms with Crippen LogP contribution in [-0.2, 0) is 9.31 Å². The van der Waals surface area contributed by atoms with Crippen LogP contribution >= 0.6 is 0 Å². The van der Waals surface area contributed by atoms with E-state index >= 15 is 0 Å². The van der Waals surface area contributed by atoms with Crippen LogP contribution in [-0.4, -0.2) is 24.9 Å². The van der Waals surface area contributed by atoms with Crippen molar-refractivity contribution in [2.75, 3.05) is 6.54 Å². The zero-order valence-electron chi connectivity index (χ0n) is 12.3. The van der Waals surface area contributed by atoms with Gasteiger partial charge in [-0.3, -0.25) is 0 Å². The summed E-state index contributed by atoms with van der Waals surface area (Å²) in [6, 6.07) is 0. The highest BCUT2D eigenvalue weighted by Crippen LogP contribution is 2.39. The smallest absolute Gasteiger partial charge is 0.398 e. The standard InChI is InChI=1S/C13H25BFNO2/c1-9(2)7-10(8-16)11(15)14-17-12(3,4)13(5,6)18-14/h9H,7-8,16H2,1-6H3. The lowest BCUT2D eigenvalue weighted by Crippen LogP contribution is -2.41. The predicted octanol–water partition coefficient (Wildman–Crippen LogP) is 2.85. The first-order valence-corrected chi connectivity index (χ1v) is 6.54.